The van der Waals surface area contributed by atoms with E-state index >= 15 is 0 Å². The molecule has 0 atom stereocenters. The number of hydrogen-bond acceptors (Lipinski definition) is 3. The number of primary amides is 1. The summed E-state index contributed by atoms with van der Waals surface area (Å²) in [5, 5.41) is 4.18. The minimum absolute atomic E-state index is 0.0341. The maximum atomic E-state index is 10.9. The van der Waals surface area contributed by atoms with E-state index in [9.17, 15) is 9.59 Å². The average Bonchev–Trinajstić information content (AvgIpc) is 2.72. The molecule has 2 rings (SSSR count). The number of carbonyl (C=O) groups is 2. The molecule has 2 N–H and O–H groups in total. The predicted octanol–water partition coefficient (Wildman–Crippen LogP) is 0.848. The van der Waals surface area contributed by atoms with Crippen molar-refractivity contribution in [3.05, 3.63) is 42.1 Å². The lowest BCUT2D eigenvalue weighted by atomic mass is 10.1. The van der Waals surface area contributed by atoms with E-state index in [0.717, 1.165) is 5.56 Å². The average molecular weight is 229 g/mol. The fourth-order valence-electron chi connectivity index (χ4n) is 1.58. The van der Waals surface area contributed by atoms with Gasteiger partial charge < -0.3 is 5.73 Å². The fraction of sp³-hybridized carbons (Fsp3) is 0.0833. The summed E-state index contributed by atoms with van der Waals surface area (Å²) in [6.07, 6.45) is 2.23. The first-order valence-corrected chi connectivity index (χ1v) is 5.07. The second-order valence-electron chi connectivity index (χ2n) is 3.58. The van der Waals surface area contributed by atoms with E-state index in [-0.39, 0.29) is 6.54 Å². The standard InChI is InChI=1S/C12H11N3O2/c13-11(17)7-15-6-10(8-16)12(14-15)9-4-2-1-3-5-9/h1-6,8H,7H2,(H2,13,17). The maximum absolute atomic E-state index is 10.9. The first-order valence-electron chi connectivity index (χ1n) is 5.07. The van der Waals surface area contributed by atoms with Gasteiger partial charge in [-0.05, 0) is 0 Å². The number of amides is 1. The van der Waals surface area contributed by atoms with Crippen LogP contribution in [0, 0.1) is 0 Å². The number of nitrogens with two attached hydrogens (primary N) is 1. The summed E-state index contributed by atoms with van der Waals surface area (Å²) in [6, 6.07) is 9.30. The Morgan fingerprint density at radius 2 is 2.06 bits per heavy atom. The van der Waals surface area contributed by atoms with Gasteiger partial charge in [0.05, 0.1) is 5.56 Å². The summed E-state index contributed by atoms with van der Waals surface area (Å²) in [4.78, 5) is 21.7. The van der Waals surface area contributed by atoms with Crippen LogP contribution in [0.2, 0.25) is 0 Å². The minimum Gasteiger partial charge on any atom is -0.368 e. The van der Waals surface area contributed by atoms with Crippen molar-refractivity contribution in [3.8, 4) is 11.3 Å². The number of aromatic nitrogens is 2. The molecule has 0 fully saturated rings. The Bertz CT molecular complexity index is 546. The molecule has 17 heavy (non-hydrogen) atoms. The van der Waals surface area contributed by atoms with E-state index in [1.807, 2.05) is 30.3 Å². The molecule has 1 amide bonds. The van der Waals surface area contributed by atoms with E-state index in [2.05, 4.69) is 5.10 Å². The number of aldehydes is 1. The van der Waals surface area contributed by atoms with Gasteiger partial charge in [-0.2, -0.15) is 5.10 Å². The smallest absolute Gasteiger partial charge is 0.239 e. The quantitative estimate of drug-likeness (QED) is 0.789. The van der Waals surface area contributed by atoms with Crippen molar-refractivity contribution in [2.45, 2.75) is 6.54 Å². The van der Waals surface area contributed by atoms with Gasteiger partial charge in [-0.25, -0.2) is 0 Å². The highest BCUT2D eigenvalue weighted by atomic mass is 16.1. The molecule has 1 aromatic carbocycles. The second kappa shape index (κ2) is 4.61. The van der Waals surface area contributed by atoms with Gasteiger partial charge in [-0.3, -0.25) is 14.3 Å². The Balaban J connectivity index is 2.43. The molecule has 0 radical (unpaired) electrons. The monoisotopic (exact) mass is 229 g/mol. The lowest BCUT2D eigenvalue weighted by Gasteiger charge is -1.97. The number of carbonyl (C=O) groups excluding carboxylic acids is 2. The van der Waals surface area contributed by atoms with Crippen LogP contribution in [0.1, 0.15) is 10.4 Å². The molecule has 2 aromatic rings. The Hall–Kier alpha value is -2.43. The zero-order valence-corrected chi connectivity index (χ0v) is 9.04. The maximum Gasteiger partial charge on any atom is 0.239 e. The predicted molar refractivity (Wildman–Crippen MR) is 62.2 cm³/mol. The van der Waals surface area contributed by atoms with E-state index in [0.29, 0.717) is 17.5 Å². The zero-order valence-electron chi connectivity index (χ0n) is 9.04. The van der Waals surface area contributed by atoms with E-state index < -0.39 is 5.91 Å². The highest BCUT2D eigenvalue weighted by Gasteiger charge is 2.10. The molecule has 1 heterocycles. The molecule has 0 unspecified atom stereocenters. The van der Waals surface area contributed by atoms with Crippen LogP contribution in [-0.4, -0.2) is 22.0 Å². The molecular formula is C12H11N3O2. The summed E-state index contributed by atoms with van der Waals surface area (Å²) in [5.41, 5.74) is 6.91. The van der Waals surface area contributed by atoms with Gasteiger partial charge in [0.1, 0.15) is 12.2 Å². The fourth-order valence-corrected chi connectivity index (χ4v) is 1.58. The normalized spacial score (nSPS) is 10.1. The molecule has 0 bridgehead atoms. The molecule has 5 nitrogen and oxygen atoms in total. The minimum atomic E-state index is -0.496. The Morgan fingerprint density at radius 1 is 1.35 bits per heavy atom. The van der Waals surface area contributed by atoms with Crippen molar-refractivity contribution in [1.82, 2.24) is 9.78 Å². The first-order chi connectivity index (χ1) is 8.20. The number of nitrogens with zero attached hydrogens (tertiary/aromatic N) is 2. The summed E-state index contributed by atoms with van der Waals surface area (Å²) >= 11 is 0. The molecule has 86 valence electrons. The van der Waals surface area contributed by atoms with Gasteiger partial charge in [0.15, 0.2) is 6.29 Å². The van der Waals surface area contributed by atoms with Gasteiger partial charge in [-0.1, -0.05) is 30.3 Å². The van der Waals surface area contributed by atoms with E-state index in [4.69, 9.17) is 5.73 Å². The lowest BCUT2D eigenvalue weighted by molar-refractivity contribution is -0.118. The van der Waals surface area contributed by atoms with Gasteiger partial charge in [0, 0.05) is 11.8 Å². The van der Waals surface area contributed by atoms with Crippen LogP contribution in [0.15, 0.2) is 36.5 Å². The van der Waals surface area contributed by atoms with E-state index in [1.54, 1.807) is 0 Å². The van der Waals surface area contributed by atoms with Gasteiger partial charge >= 0.3 is 0 Å². The number of benzene rings is 1. The third-order valence-corrected chi connectivity index (χ3v) is 2.28. The van der Waals surface area contributed by atoms with Crippen molar-refractivity contribution in [3.63, 3.8) is 0 Å². The van der Waals surface area contributed by atoms with Crippen LogP contribution in [0.4, 0.5) is 0 Å². The van der Waals surface area contributed by atoms with Crippen molar-refractivity contribution < 1.29 is 9.59 Å². The lowest BCUT2D eigenvalue weighted by Crippen LogP contribution is -2.18. The summed E-state index contributed by atoms with van der Waals surface area (Å²) in [5.74, 6) is -0.496. The summed E-state index contributed by atoms with van der Waals surface area (Å²) < 4.78 is 1.37. The molecule has 0 aliphatic carbocycles. The molecule has 0 saturated carbocycles. The molecule has 0 saturated heterocycles. The van der Waals surface area contributed by atoms with Crippen LogP contribution in [0.3, 0.4) is 0 Å². The van der Waals surface area contributed by atoms with Gasteiger partial charge in [0.25, 0.3) is 0 Å². The summed E-state index contributed by atoms with van der Waals surface area (Å²) in [6.45, 7) is -0.0341. The number of rotatable bonds is 4. The Labute approximate surface area is 97.9 Å². The highest BCUT2D eigenvalue weighted by Crippen LogP contribution is 2.20. The molecule has 0 aliphatic heterocycles. The second-order valence-corrected chi connectivity index (χ2v) is 3.58. The third-order valence-electron chi connectivity index (χ3n) is 2.28. The molecule has 1 aromatic heterocycles. The zero-order chi connectivity index (χ0) is 12.3. The SMILES string of the molecule is NC(=O)Cn1cc(C=O)c(-c2ccccc2)n1. The highest BCUT2D eigenvalue weighted by molar-refractivity contribution is 5.85. The van der Waals surface area contributed by atoms with Crippen LogP contribution in [0.25, 0.3) is 11.3 Å². The van der Waals surface area contributed by atoms with Crippen molar-refractivity contribution in [1.29, 1.82) is 0 Å². The van der Waals surface area contributed by atoms with Crippen molar-refractivity contribution >= 4 is 12.2 Å². The molecule has 0 aliphatic rings. The van der Waals surface area contributed by atoms with Crippen LogP contribution >= 0.6 is 0 Å². The van der Waals surface area contributed by atoms with E-state index in [1.165, 1.54) is 10.9 Å². The third kappa shape index (κ3) is 2.39. The van der Waals surface area contributed by atoms with Crippen LogP contribution in [-0.2, 0) is 11.3 Å². The van der Waals surface area contributed by atoms with Crippen LogP contribution in [0.5, 0.6) is 0 Å². The van der Waals surface area contributed by atoms with Gasteiger partial charge in [-0.15, -0.1) is 0 Å². The van der Waals surface area contributed by atoms with Crippen LogP contribution < -0.4 is 5.73 Å². The van der Waals surface area contributed by atoms with Gasteiger partial charge in [0.2, 0.25) is 5.91 Å². The largest absolute Gasteiger partial charge is 0.368 e. The molecular weight excluding hydrogens is 218 g/mol. The Morgan fingerprint density at radius 3 is 2.65 bits per heavy atom. The summed E-state index contributed by atoms with van der Waals surface area (Å²) in [7, 11) is 0. The molecule has 0 spiro atoms. The topological polar surface area (TPSA) is 78.0 Å². The van der Waals surface area contributed by atoms with Crippen molar-refractivity contribution in [2.75, 3.05) is 0 Å². The molecule has 5 heteroatoms. The first kappa shape index (κ1) is 11.1. The number of hydrogen-bond donors (Lipinski definition) is 1. The Kier molecular flexibility index (Phi) is 3.00. The van der Waals surface area contributed by atoms with Crippen molar-refractivity contribution in [2.24, 2.45) is 5.73 Å².